The monoisotopic (exact) mass is 261 g/mol. The molecule has 0 aliphatic heterocycles. The van der Waals surface area contributed by atoms with Gasteiger partial charge in [0.2, 0.25) is 0 Å². The number of aliphatic hydroxyl groups is 1. The molecule has 0 spiro atoms. The molecular weight excluding hydrogens is 246 g/mol. The highest BCUT2D eigenvalue weighted by molar-refractivity contribution is 5.42. The van der Waals surface area contributed by atoms with Crippen molar-refractivity contribution >= 4 is 0 Å². The van der Waals surface area contributed by atoms with E-state index in [2.05, 4.69) is 4.98 Å². The van der Waals surface area contributed by atoms with Gasteiger partial charge in [-0.1, -0.05) is 18.2 Å². The Labute approximate surface area is 111 Å². The Morgan fingerprint density at radius 2 is 1.95 bits per heavy atom. The first-order valence-electron chi connectivity index (χ1n) is 5.78. The van der Waals surface area contributed by atoms with Crippen LogP contribution in [0.4, 0.5) is 0 Å². The third kappa shape index (κ3) is 3.67. The molecule has 19 heavy (non-hydrogen) atoms. The summed E-state index contributed by atoms with van der Waals surface area (Å²) in [6.07, 6.45) is 1.57. The van der Waals surface area contributed by atoms with Gasteiger partial charge in [-0.15, -0.1) is 0 Å². The molecule has 0 radical (unpaired) electrons. The lowest BCUT2D eigenvalue weighted by Gasteiger charge is -2.11. The SMILES string of the molecule is COc1cc(COCO)ncc1Oc1ccccc1. The quantitative estimate of drug-likeness (QED) is 0.809. The Kier molecular flexibility index (Phi) is 4.72. The fraction of sp³-hybridized carbons (Fsp3) is 0.214. The average Bonchev–Trinajstić information content (AvgIpc) is 2.47. The number of aromatic nitrogens is 1. The first-order valence-corrected chi connectivity index (χ1v) is 5.78. The minimum Gasteiger partial charge on any atom is -0.493 e. The number of nitrogens with zero attached hydrogens (tertiary/aromatic N) is 1. The number of benzene rings is 1. The van der Waals surface area contributed by atoms with Crippen molar-refractivity contribution < 1.29 is 19.3 Å². The van der Waals surface area contributed by atoms with Crippen LogP contribution in [0.1, 0.15) is 5.69 Å². The predicted octanol–water partition coefficient (Wildman–Crippen LogP) is 2.35. The molecule has 0 atom stereocenters. The molecule has 0 saturated carbocycles. The van der Waals surface area contributed by atoms with Crippen LogP contribution in [0, 0.1) is 0 Å². The van der Waals surface area contributed by atoms with Crippen molar-refractivity contribution in [2.24, 2.45) is 0 Å². The zero-order valence-corrected chi connectivity index (χ0v) is 10.6. The smallest absolute Gasteiger partial charge is 0.187 e. The van der Waals surface area contributed by atoms with Crippen LogP contribution >= 0.6 is 0 Å². The van der Waals surface area contributed by atoms with E-state index in [1.165, 1.54) is 0 Å². The molecule has 1 aromatic carbocycles. The van der Waals surface area contributed by atoms with Crippen molar-refractivity contribution in [3.05, 3.63) is 48.3 Å². The summed E-state index contributed by atoms with van der Waals surface area (Å²) in [5, 5.41) is 8.60. The van der Waals surface area contributed by atoms with E-state index in [1.54, 1.807) is 19.4 Å². The second-order valence-corrected chi connectivity index (χ2v) is 3.72. The number of aliphatic hydroxyl groups excluding tert-OH is 1. The van der Waals surface area contributed by atoms with Gasteiger partial charge in [0.25, 0.3) is 0 Å². The average molecular weight is 261 g/mol. The van der Waals surface area contributed by atoms with Crippen LogP contribution in [0.5, 0.6) is 17.2 Å². The number of pyridine rings is 1. The van der Waals surface area contributed by atoms with Gasteiger partial charge >= 0.3 is 0 Å². The molecule has 1 heterocycles. The topological polar surface area (TPSA) is 60.8 Å². The highest BCUT2D eigenvalue weighted by Crippen LogP contribution is 2.31. The maximum absolute atomic E-state index is 8.60. The second-order valence-electron chi connectivity index (χ2n) is 3.72. The lowest BCUT2D eigenvalue weighted by atomic mass is 10.3. The number of ether oxygens (including phenoxy) is 3. The summed E-state index contributed by atoms with van der Waals surface area (Å²) in [4.78, 5) is 4.18. The van der Waals surface area contributed by atoms with Gasteiger partial charge in [0.1, 0.15) is 12.5 Å². The third-order valence-electron chi connectivity index (χ3n) is 2.42. The summed E-state index contributed by atoms with van der Waals surface area (Å²) >= 11 is 0. The van der Waals surface area contributed by atoms with Crippen LogP contribution in [0.2, 0.25) is 0 Å². The van der Waals surface area contributed by atoms with Crippen molar-refractivity contribution in [3.8, 4) is 17.2 Å². The van der Waals surface area contributed by atoms with E-state index in [0.717, 1.165) is 0 Å². The van der Waals surface area contributed by atoms with E-state index in [9.17, 15) is 0 Å². The van der Waals surface area contributed by atoms with Crippen molar-refractivity contribution in [2.75, 3.05) is 13.9 Å². The van der Waals surface area contributed by atoms with Crippen molar-refractivity contribution in [1.29, 1.82) is 0 Å². The van der Waals surface area contributed by atoms with Crippen molar-refractivity contribution in [2.45, 2.75) is 6.61 Å². The molecule has 100 valence electrons. The van der Waals surface area contributed by atoms with Crippen LogP contribution < -0.4 is 9.47 Å². The summed E-state index contributed by atoms with van der Waals surface area (Å²) in [7, 11) is 1.56. The Balaban J connectivity index is 2.16. The zero-order chi connectivity index (χ0) is 13.5. The molecule has 0 unspecified atom stereocenters. The lowest BCUT2D eigenvalue weighted by Crippen LogP contribution is -1.99. The van der Waals surface area contributed by atoms with Gasteiger partial charge < -0.3 is 19.3 Å². The molecule has 0 bridgehead atoms. The Morgan fingerprint density at radius 3 is 2.63 bits per heavy atom. The van der Waals surface area contributed by atoms with E-state index >= 15 is 0 Å². The van der Waals surface area contributed by atoms with Gasteiger partial charge in [0.15, 0.2) is 11.5 Å². The molecule has 1 N–H and O–H groups in total. The number of para-hydroxylation sites is 1. The van der Waals surface area contributed by atoms with E-state index in [1.807, 2.05) is 30.3 Å². The third-order valence-corrected chi connectivity index (χ3v) is 2.42. The number of hydrogen-bond acceptors (Lipinski definition) is 5. The van der Waals surface area contributed by atoms with Gasteiger partial charge in [-0.3, -0.25) is 4.98 Å². The first kappa shape index (κ1) is 13.3. The van der Waals surface area contributed by atoms with Gasteiger partial charge in [-0.25, -0.2) is 0 Å². The standard InChI is InChI=1S/C14H15NO4/c1-17-13-7-11(9-18-10-16)15-8-14(13)19-12-5-3-2-4-6-12/h2-8,16H,9-10H2,1H3. The van der Waals surface area contributed by atoms with Crippen LogP contribution in [0.25, 0.3) is 0 Å². The minimum absolute atomic E-state index is 0.221. The van der Waals surface area contributed by atoms with Crippen LogP contribution in [0.15, 0.2) is 42.6 Å². The predicted molar refractivity (Wildman–Crippen MR) is 69.2 cm³/mol. The summed E-state index contributed by atoms with van der Waals surface area (Å²) in [6, 6.07) is 11.1. The first-order chi connectivity index (χ1) is 9.33. The zero-order valence-electron chi connectivity index (χ0n) is 10.6. The largest absolute Gasteiger partial charge is 0.493 e. The fourth-order valence-corrected chi connectivity index (χ4v) is 1.55. The van der Waals surface area contributed by atoms with Gasteiger partial charge in [-0.05, 0) is 12.1 Å². The second kappa shape index (κ2) is 6.72. The van der Waals surface area contributed by atoms with Gasteiger partial charge in [0, 0.05) is 6.07 Å². The van der Waals surface area contributed by atoms with Gasteiger partial charge in [0.05, 0.1) is 25.6 Å². The van der Waals surface area contributed by atoms with Crippen LogP contribution in [0.3, 0.4) is 0 Å². The number of rotatable bonds is 6. The molecule has 1 aromatic heterocycles. The summed E-state index contributed by atoms with van der Waals surface area (Å²) in [5.41, 5.74) is 0.659. The summed E-state index contributed by atoms with van der Waals surface area (Å²) in [5.74, 6) is 1.80. The normalized spacial score (nSPS) is 10.2. The van der Waals surface area contributed by atoms with Gasteiger partial charge in [-0.2, -0.15) is 0 Å². The lowest BCUT2D eigenvalue weighted by molar-refractivity contribution is -0.0125. The highest BCUT2D eigenvalue weighted by atomic mass is 16.6. The van der Waals surface area contributed by atoms with Crippen molar-refractivity contribution in [3.63, 3.8) is 0 Å². The molecule has 0 saturated heterocycles. The van der Waals surface area contributed by atoms with E-state index < -0.39 is 0 Å². The molecule has 2 rings (SSSR count). The fourth-order valence-electron chi connectivity index (χ4n) is 1.55. The Hall–Kier alpha value is -2.11. The van der Waals surface area contributed by atoms with Crippen LogP contribution in [-0.4, -0.2) is 24.0 Å². The Bertz CT molecular complexity index is 516. The molecule has 0 aliphatic rings. The summed E-state index contributed by atoms with van der Waals surface area (Å²) in [6.45, 7) is -0.120. The molecule has 0 fully saturated rings. The van der Waals surface area contributed by atoms with E-state index in [0.29, 0.717) is 22.9 Å². The molecule has 0 amide bonds. The van der Waals surface area contributed by atoms with Crippen molar-refractivity contribution in [1.82, 2.24) is 4.98 Å². The maximum atomic E-state index is 8.60. The minimum atomic E-state index is -0.341. The molecule has 2 aromatic rings. The maximum Gasteiger partial charge on any atom is 0.187 e. The van der Waals surface area contributed by atoms with E-state index in [4.69, 9.17) is 19.3 Å². The molecule has 5 nitrogen and oxygen atoms in total. The van der Waals surface area contributed by atoms with E-state index in [-0.39, 0.29) is 13.4 Å². The number of methoxy groups -OCH3 is 1. The highest BCUT2D eigenvalue weighted by Gasteiger charge is 2.08. The number of hydrogen-bond donors (Lipinski definition) is 1. The molecular formula is C14H15NO4. The Morgan fingerprint density at radius 1 is 1.16 bits per heavy atom. The molecule has 5 heteroatoms. The van der Waals surface area contributed by atoms with Crippen LogP contribution in [-0.2, 0) is 11.3 Å². The summed E-state index contributed by atoms with van der Waals surface area (Å²) < 4.78 is 15.8. The molecule has 0 aliphatic carbocycles.